The first-order valence-corrected chi connectivity index (χ1v) is 1.11. The van der Waals surface area contributed by atoms with E-state index in [2.05, 4.69) is 0 Å². The molecule has 0 heterocycles. The monoisotopic (exact) mass is 263 g/mol. The summed E-state index contributed by atoms with van der Waals surface area (Å²) in [6.45, 7) is 0. The van der Waals surface area contributed by atoms with Crippen molar-refractivity contribution in [3.05, 3.63) is 0 Å². The molecule has 9 heteroatoms. The summed E-state index contributed by atoms with van der Waals surface area (Å²) in [4.78, 5) is 18.2. The van der Waals surface area contributed by atoms with Crippen molar-refractivity contribution in [2.24, 2.45) is 0 Å². The first-order valence-electron chi connectivity index (χ1n) is 1.11. The quantitative estimate of drug-likeness (QED) is 0.364. The molecule has 0 saturated heterocycles. The van der Waals surface area contributed by atoms with Gasteiger partial charge in [0, 0.05) is 34.1 Å². The zero-order valence-corrected chi connectivity index (χ0v) is 8.85. The molecule has 0 atom stereocenters. The largest absolute Gasteiger partial charge is 2.00 e. The number of rotatable bonds is 0. The van der Waals surface area contributed by atoms with Crippen LogP contribution in [-0.4, -0.2) is 56.2 Å². The molecule has 1 radical (unpaired) electrons. The first kappa shape index (κ1) is 41.3. The van der Waals surface area contributed by atoms with E-state index in [0.29, 0.717) is 0 Å². The molecule has 0 aromatic heterocycles. The second kappa shape index (κ2) is 22.4. The summed E-state index contributed by atoms with van der Waals surface area (Å²) in [7, 11) is 0. The Morgan fingerprint density at radius 1 is 1.00 bits per heavy atom. The van der Waals surface area contributed by atoms with E-state index in [1.807, 2.05) is 0 Å². The maximum absolute atomic E-state index is 9.10. The second-order valence-electron chi connectivity index (χ2n) is 0.610. The number of carboxylic acid groups (broad SMARTS) is 2. The van der Waals surface area contributed by atoms with E-state index in [1.165, 1.54) is 0 Å². The van der Waals surface area contributed by atoms with Crippen molar-refractivity contribution in [2.75, 3.05) is 0 Å². The molecule has 0 spiro atoms. The normalized spacial score (nSPS) is 4.00. The van der Waals surface area contributed by atoms with Crippen LogP contribution in [0.5, 0.6) is 0 Å². The fourth-order valence-electron chi connectivity index (χ4n) is 0. The van der Waals surface area contributed by atoms with Crippen molar-refractivity contribution in [1.29, 1.82) is 0 Å². The molecule has 0 rings (SSSR count). The van der Waals surface area contributed by atoms with Crippen molar-refractivity contribution in [3.8, 4) is 0 Å². The van der Waals surface area contributed by atoms with Crippen LogP contribution in [0.3, 0.4) is 0 Å². The molecule has 11 heavy (non-hydrogen) atoms. The third-order valence-electron chi connectivity index (χ3n) is 0.183. The number of carboxylic acids is 2. The number of carbonyl (C=O) groups is 2. The van der Waals surface area contributed by atoms with Crippen molar-refractivity contribution >= 4 is 35.0 Å². The van der Waals surface area contributed by atoms with Gasteiger partial charge in [0.1, 0.15) is 0 Å². The molecule has 0 amide bonds. The van der Waals surface area contributed by atoms with Gasteiger partial charge in [0.25, 0.3) is 0 Å². The van der Waals surface area contributed by atoms with Crippen LogP contribution in [0.2, 0.25) is 0 Å². The van der Waals surface area contributed by atoms with E-state index in [-0.39, 0.29) is 71.0 Å². The van der Waals surface area contributed by atoms with Gasteiger partial charge >= 0.3 is 35.0 Å². The van der Waals surface area contributed by atoms with Crippen LogP contribution in [0.25, 0.3) is 0 Å². The average molecular weight is 263 g/mol. The zero-order chi connectivity index (χ0) is 5.15. The molecule has 0 aromatic carbocycles. The van der Waals surface area contributed by atoms with Crippen LogP contribution in [0.4, 0.5) is 0 Å². The minimum Gasteiger partial charge on any atom is -1.00 e. The van der Waals surface area contributed by atoms with E-state index in [4.69, 9.17) is 19.8 Å². The van der Waals surface area contributed by atoms with E-state index in [9.17, 15) is 0 Å². The van der Waals surface area contributed by atoms with Gasteiger partial charge in [-0.15, -0.1) is 0 Å². The third-order valence-corrected chi connectivity index (χ3v) is 0.183. The third kappa shape index (κ3) is 36.8. The molecular formula is C2H8FeMgMnO6. The van der Waals surface area contributed by atoms with Gasteiger partial charge in [-0.3, -0.25) is 0 Å². The van der Waals surface area contributed by atoms with Gasteiger partial charge in [-0.2, -0.15) is 0 Å². The Labute approximate surface area is 102 Å². The second-order valence-corrected chi connectivity index (χ2v) is 0.610. The Kier molecular flexibility index (Phi) is 84.3. The van der Waals surface area contributed by atoms with Crippen LogP contribution < -0.4 is 0 Å². The maximum Gasteiger partial charge on any atom is 2.00 e. The first-order chi connectivity index (χ1) is 2.64. The molecule has 0 saturated carbocycles. The van der Waals surface area contributed by atoms with Gasteiger partial charge in [0.05, 0.1) is 0 Å². The van der Waals surface area contributed by atoms with Crippen molar-refractivity contribution < 1.29 is 67.7 Å². The van der Waals surface area contributed by atoms with Crippen LogP contribution in [0, 0.1) is 0 Å². The van der Waals surface area contributed by atoms with Crippen LogP contribution in [-0.2, 0) is 43.7 Å². The predicted molar refractivity (Wildman–Crippen MR) is 30.5 cm³/mol. The summed E-state index contributed by atoms with van der Waals surface area (Å²) in [5.74, 6) is -3.65. The smallest absolute Gasteiger partial charge is 1.00 e. The summed E-state index contributed by atoms with van der Waals surface area (Å²) >= 11 is 0. The molecule has 0 aromatic rings. The molecule has 0 aliphatic rings. The maximum atomic E-state index is 9.10. The fraction of sp³-hybridized carbons (Fsp3) is 0. The molecule has 6 N–H and O–H groups in total. The van der Waals surface area contributed by atoms with Crippen LogP contribution >= 0.6 is 0 Å². The zero-order valence-electron chi connectivity index (χ0n) is 7.15. The van der Waals surface area contributed by atoms with Crippen molar-refractivity contribution in [1.82, 2.24) is 0 Å². The Morgan fingerprint density at radius 3 is 1.09 bits per heavy atom. The minimum absolute atomic E-state index is 0. The standard InChI is InChI=1S/C2H2O4.Fe.Mg.Mn.2H2O.2H/c3-1(4)2(5)6;;;;;;;/h(H,3,4)(H,5,6);;;;2*1H2;;/q;;+2;;;;2*-1. The molecule has 0 aliphatic heterocycles. The van der Waals surface area contributed by atoms with Crippen molar-refractivity contribution in [2.45, 2.75) is 0 Å². The number of hydrogen-bond donors (Lipinski definition) is 2. The Morgan fingerprint density at radius 2 is 1.09 bits per heavy atom. The number of hydrogen-bond acceptors (Lipinski definition) is 2. The molecule has 69 valence electrons. The molecule has 0 bridgehead atoms. The van der Waals surface area contributed by atoms with Gasteiger partial charge in [-0.1, -0.05) is 0 Å². The Bertz CT molecular complexity index is 94.6. The minimum atomic E-state index is -1.82. The SMILES string of the molecule is O.O.O=C(O)C(=O)O.[Fe].[H-].[H-].[Mg+2].[Mn]. The summed E-state index contributed by atoms with van der Waals surface area (Å²) in [5.41, 5.74) is 0. The van der Waals surface area contributed by atoms with Crippen LogP contribution in [0.1, 0.15) is 2.85 Å². The van der Waals surface area contributed by atoms with E-state index in [0.717, 1.165) is 0 Å². The number of aliphatic carboxylic acids is 2. The summed E-state index contributed by atoms with van der Waals surface area (Å²) in [6.07, 6.45) is 0. The van der Waals surface area contributed by atoms with Crippen molar-refractivity contribution in [3.63, 3.8) is 0 Å². The Balaban J connectivity index is -0.00000000595. The summed E-state index contributed by atoms with van der Waals surface area (Å²) in [6, 6.07) is 0. The van der Waals surface area contributed by atoms with Gasteiger partial charge in [0.2, 0.25) is 0 Å². The average Bonchev–Trinajstić information content (AvgIpc) is 1.36. The van der Waals surface area contributed by atoms with Crippen LogP contribution in [0.15, 0.2) is 0 Å². The van der Waals surface area contributed by atoms with Gasteiger partial charge in [0.15, 0.2) is 0 Å². The summed E-state index contributed by atoms with van der Waals surface area (Å²) in [5, 5.41) is 14.8. The van der Waals surface area contributed by atoms with Gasteiger partial charge in [-0.05, 0) is 0 Å². The fourth-order valence-corrected chi connectivity index (χ4v) is 0. The molecule has 6 nitrogen and oxygen atoms in total. The van der Waals surface area contributed by atoms with Gasteiger partial charge < -0.3 is 24.0 Å². The van der Waals surface area contributed by atoms with Gasteiger partial charge in [-0.25, -0.2) is 9.59 Å². The Hall–Kier alpha value is 0.665. The predicted octanol–water partition coefficient (Wildman–Crippen LogP) is -2.65. The molecular weight excluding hydrogens is 255 g/mol. The van der Waals surface area contributed by atoms with E-state index in [1.54, 1.807) is 0 Å². The van der Waals surface area contributed by atoms with E-state index < -0.39 is 11.9 Å². The molecule has 0 aliphatic carbocycles. The molecule has 0 unspecified atom stereocenters. The van der Waals surface area contributed by atoms with E-state index >= 15 is 0 Å². The topological polar surface area (TPSA) is 138 Å². The summed E-state index contributed by atoms with van der Waals surface area (Å²) < 4.78 is 0. The molecule has 0 fully saturated rings.